The van der Waals surface area contributed by atoms with Crippen LogP contribution >= 0.6 is 0 Å². The topological polar surface area (TPSA) is 75.4 Å². The molecule has 116 valence electrons. The van der Waals surface area contributed by atoms with Gasteiger partial charge in [-0.25, -0.2) is 4.98 Å². The van der Waals surface area contributed by atoms with Gasteiger partial charge in [0.15, 0.2) is 0 Å². The number of nitrogens with zero attached hydrogens (tertiary/aromatic N) is 3. The molecular weight excluding hydrogens is 282 g/mol. The van der Waals surface area contributed by atoms with Gasteiger partial charge in [-0.05, 0) is 18.6 Å². The van der Waals surface area contributed by atoms with Gasteiger partial charge < -0.3 is 14.6 Å². The molecule has 0 fully saturated rings. The second-order valence-electron chi connectivity index (χ2n) is 4.96. The zero-order valence-electron chi connectivity index (χ0n) is 12.3. The van der Waals surface area contributed by atoms with Crippen molar-refractivity contribution >= 4 is 11.9 Å². The number of carboxylic acids is 1. The van der Waals surface area contributed by atoms with Crippen LogP contribution in [0.25, 0.3) is 0 Å². The molecule has 1 aromatic carbocycles. The maximum absolute atomic E-state index is 12.5. The van der Waals surface area contributed by atoms with E-state index in [-0.39, 0.29) is 18.9 Å². The molecule has 0 saturated carbocycles. The Morgan fingerprint density at radius 2 is 1.95 bits per heavy atom. The molecule has 6 nitrogen and oxygen atoms in total. The predicted molar refractivity (Wildman–Crippen MR) is 81.4 cm³/mol. The van der Waals surface area contributed by atoms with Crippen molar-refractivity contribution in [2.24, 2.45) is 0 Å². The highest BCUT2D eigenvalue weighted by molar-refractivity contribution is 5.94. The molecule has 1 heterocycles. The van der Waals surface area contributed by atoms with E-state index < -0.39 is 5.97 Å². The summed E-state index contributed by atoms with van der Waals surface area (Å²) in [5, 5.41) is 8.84. The lowest BCUT2D eigenvalue weighted by molar-refractivity contribution is -0.137. The van der Waals surface area contributed by atoms with Crippen LogP contribution in [-0.4, -0.2) is 44.5 Å². The number of amides is 1. The summed E-state index contributed by atoms with van der Waals surface area (Å²) >= 11 is 0. The van der Waals surface area contributed by atoms with Crippen LogP contribution in [0.5, 0.6) is 0 Å². The van der Waals surface area contributed by atoms with Gasteiger partial charge in [0, 0.05) is 37.6 Å². The molecule has 0 aliphatic heterocycles. The summed E-state index contributed by atoms with van der Waals surface area (Å²) in [4.78, 5) is 28.8. The quantitative estimate of drug-likeness (QED) is 0.808. The van der Waals surface area contributed by atoms with E-state index in [9.17, 15) is 9.59 Å². The van der Waals surface area contributed by atoms with Crippen LogP contribution in [0.15, 0.2) is 49.1 Å². The van der Waals surface area contributed by atoms with Gasteiger partial charge in [-0.15, -0.1) is 0 Å². The highest BCUT2D eigenvalue weighted by Gasteiger charge is 2.16. The van der Waals surface area contributed by atoms with Crippen LogP contribution in [0, 0.1) is 0 Å². The van der Waals surface area contributed by atoms with Gasteiger partial charge >= 0.3 is 5.97 Å². The summed E-state index contributed by atoms with van der Waals surface area (Å²) < 4.78 is 1.93. The largest absolute Gasteiger partial charge is 0.481 e. The van der Waals surface area contributed by atoms with E-state index in [0.29, 0.717) is 12.1 Å². The normalized spacial score (nSPS) is 10.4. The van der Waals surface area contributed by atoms with Crippen LogP contribution in [0.1, 0.15) is 23.2 Å². The molecule has 0 saturated heterocycles. The summed E-state index contributed by atoms with van der Waals surface area (Å²) in [5.74, 6) is -1.03. The molecule has 0 aliphatic rings. The summed E-state index contributed by atoms with van der Waals surface area (Å²) in [6.45, 7) is 1.47. The number of imidazole rings is 1. The smallest absolute Gasteiger partial charge is 0.305 e. The van der Waals surface area contributed by atoms with E-state index >= 15 is 0 Å². The zero-order chi connectivity index (χ0) is 15.8. The van der Waals surface area contributed by atoms with Gasteiger partial charge in [0.1, 0.15) is 0 Å². The van der Waals surface area contributed by atoms with Gasteiger partial charge in [-0.1, -0.05) is 18.2 Å². The number of carboxylic acid groups (broad SMARTS) is 1. The Kier molecular flexibility index (Phi) is 5.71. The molecule has 0 unspecified atom stereocenters. The molecule has 2 rings (SSSR count). The fourth-order valence-corrected chi connectivity index (χ4v) is 2.17. The van der Waals surface area contributed by atoms with E-state index in [1.54, 1.807) is 41.7 Å². The number of aryl methyl sites for hydroxylation is 1. The molecule has 1 amide bonds. The van der Waals surface area contributed by atoms with E-state index in [1.165, 1.54) is 0 Å². The van der Waals surface area contributed by atoms with Crippen LogP contribution in [-0.2, 0) is 11.3 Å². The first-order valence-corrected chi connectivity index (χ1v) is 7.18. The number of benzene rings is 1. The van der Waals surface area contributed by atoms with Crippen LogP contribution in [0.3, 0.4) is 0 Å². The van der Waals surface area contributed by atoms with Gasteiger partial charge in [0.05, 0.1) is 12.7 Å². The second-order valence-corrected chi connectivity index (χ2v) is 4.96. The zero-order valence-corrected chi connectivity index (χ0v) is 12.3. The molecule has 0 radical (unpaired) electrons. The first-order chi connectivity index (χ1) is 10.7. The number of aliphatic carboxylic acids is 1. The Morgan fingerprint density at radius 3 is 2.59 bits per heavy atom. The molecule has 0 spiro atoms. The third-order valence-electron chi connectivity index (χ3n) is 3.31. The van der Waals surface area contributed by atoms with Crippen molar-refractivity contribution in [3.8, 4) is 0 Å². The molecular formula is C16H19N3O3. The number of carbonyl (C=O) groups is 2. The minimum absolute atomic E-state index is 0.0519. The summed E-state index contributed by atoms with van der Waals surface area (Å²) in [6.07, 6.45) is 5.98. The van der Waals surface area contributed by atoms with E-state index in [0.717, 1.165) is 13.0 Å². The van der Waals surface area contributed by atoms with Crippen molar-refractivity contribution in [2.75, 3.05) is 13.1 Å². The van der Waals surface area contributed by atoms with Gasteiger partial charge in [0.2, 0.25) is 0 Å². The van der Waals surface area contributed by atoms with Crippen molar-refractivity contribution in [1.29, 1.82) is 0 Å². The first kappa shape index (κ1) is 15.8. The standard InChI is InChI=1S/C16H19N3O3/c20-15(21)7-11-19(10-4-9-18-12-8-17-13-18)16(22)14-5-2-1-3-6-14/h1-3,5-6,8,12-13H,4,7,9-11H2,(H,20,21). The number of hydrogen-bond donors (Lipinski definition) is 1. The average Bonchev–Trinajstić information content (AvgIpc) is 3.04. The Bertz CT molecular complexity index is 596. The number of aromatic nitrogens is 2. The van der Waals surface area contributed by atoms with Crippen LogP contribution in [0.4, 0.5) is 0 Å². The summed E-state index contributed by atoms with van der Waals surface area (Å²) in [6, 6.07) is 8.93. The van der Waals surface area contributed by atoms with E-state index in [2.05, 4.69) is 4.98 Å². The van der Waals surface area contributed by atoms with Crippen molar-refractivity contribution < 1.29 is 14.7 Å². The SMILES string of the molecule is O=C(O)CCN(CCCn1ccnc1)C(=O)c1ccccc1. The number of hydrogen-bond acceptors (Lipinski definition) is 3. The summed E-state index contributed by atoms with van der Waals surface area (Å²) in [5.41, 5.74) is 0.579. The Balaban J connectivity index is 1.95. The molecule has 0 bridgehead atoms. The average molecular weight is 301 g/mol. The van der Waals surface area contributed by atoms with E-state index in [1.807, 2.05) is 16.8 Å². The van der Waals surface area contributed by atoms with Crippen LogP contribution in [0.2, 0.25) is 0 Å². The predicted octanol–water partition coefficient (Wildman–Crippen LogP) is 1.89. The lowest BCUT2D eigenvalue weighted by Gasteiger charge is -2.22. The fourth-order valence-electron chi connectivity index (χ4n) is 2.17. The monoisotopic (exact) mass is 301 g/mol. The second kappa shape index (κ2) is 7.97. The van der Waals surface area contributed by atoms with Gasteiger partial charge in [0.25, 0.3) is 5.91 Å². The van der Waals surface area contributed by atoms with Crippen LogP contribution < -0.4 is 0 Å². The Hall–Kier alpha value is -2.63. The minimum atomic E-state index is -0.902. The molecule has 0 atom stereocenters. The lowest BCUT2D eigenvalue weighted by atomic mass is 10.2. The Morgan fingerprint density at radius 1 is 1.18 bits per heavy atom. The molecule has 22 heavy (non-hydrogen) atoms. The third-order valence-corrected chi connectivity index (χ3v) is 3.31. The maximum Gasteiger partial charge on any atom is 0.305 e. The maximum atomic E-state index is 12.5. The van der Waals surface area contributed by atoms with Crippen molar-refractivity contribution in [3.63, 3.8) is 0 Å². The van der Waals surface area contributed by atoms with Gasteiger partial charge in [-0.2, -0.15) is 0 Å². The first-order valence-electron chi connectivity index (χ1n) is 7.18. The van der Waals surface area contributed by atoms with Gasteiger partial charge in [-0.3, -0.25) is 9.59 Å². The lowest BCUT2D eigenvalue weighted by Crippen LogP contribution is -2.34. The third kappa shape index (κ3) is 4.73. The summed E-state index contributed by atoms with van der Waals surface area (Å²) in [7, 11) is 0. The fraction of sp³-hybridized carbons (Fsp3) is 0.312. The molecule has 1 N–H and O–H groups in total. The van der Waals surface area contributed by atoms with Crippen molar-refractivity contribution in [3.05, 3.63) is 54.6 Å². The van der Waals surface area contributed by atoms with Crippen molar-refractivity contribution in [1.82, 2.24) is 14.5 Å². The van der Waals surface area contributed by atoms with Crippen molar-refractivity contribution in [2.45, 2.75) is 19.4 Å². The minimum Gasteiger partial charge on any atom is -0.481 e. The van der Waals surface area contributed by atoms with E-state index in [4.69, 9.17) is 5.11 Å². The highest BCUT2D eigenvalue weighted by Crippen LogP contribution is 2.07. The highest BCUT2D eigenvalue weighted by atomic mass is 16.4. The molecule has 0 aliphatic carbocycles. The Labute approximate surface area is 129 Å². The molecule has 6 heteroatoms. The number of carbonyl (C=O) groups excluding carboxylic acids is 1. The molecule has 2 aromatic rings. The number of rotatable bonds is 8. The molecule has 1 aromatic heterocycles.